The molecule has 0 aromatic rings. The fourth-order valence-corrected chi connectivity index (χ4v) is 5.53. The minimum absolute atomic E-state index is 0.787. The van der Waals surface area contributed by atoms with Crippen LogP contribution in [0.4, 0.5) is 0 Å². The van der Waals surface area contributed by atoms with Crippen LogP contribution in [0, 0.1) is 0 Å². The predicted octanol–water partition coefficient (Wildman–Crippen LogP) is -9.75. The van der Waals surface area contributed by atoms with Crippen LogP contribution in [0.1, 0.15) is 0 Å². The summed E-state index contributed by atoms with van der Waals surface area (Å²) in [6.45, 7) is -3.40. The van der Waals surface area contributed by atoms with Gasteiger partial charge in [0, 0.05) is 0 Å². The molecule has 0 unspecified atom stereocenters. The van der Waals surface area contributed by atoms with Gasteiger partial charge < -0.3 is 105 Å². The van der Waals surface area contributed by atoms with E-state index in [0.29, 0.717) is 0 Å². The Labute approximate surface area is 254 Å². The van der Waals surface area contributed by atoms with E-state index in [4.69, 9.17) is 33.2 Å². The van der Waals surface area contributed by atoms with Crippen molar-refractivity contribution < 1.29 is 105 Å². The molecule has 4 saturated heterocycles. The van der Waals surface area contributed by atoms with Gasteiger partial charge in [-0.2, -0.15) is 0 Å². The van der Waals surface area contributed by atoms with Crippen LogP contribution in [0.3, 0.4) is 0 Å². The molecule has 0 amide bonds. The van der Waals surface area contributed by atoms with Crippen molar-refractivity contribution in [2.75, 3.05) is 26.4 Å². The molecule has 4 aliphatic heterocycles. The highest BCUT2D eigenvalue weighted by molar-refractivity contribution is 4.97. The highest BCUT2D eigenvalue weighted by Gasteiger charge is 2.55. The first-order valence-corrected chi connectivity index (χ1v) is 14.1. The number of ether oxygens (including phenoxy) is 7. The van der Waals surface area contributed by atoms with Gasteiger partial charge in [0.1, 0.15) is 97.7 Å². The van der Waals surface area contributed by atoms with Crippen LogP contribution in [-0.2, 0) is 33.2 Å². The van der Waals surface area contributed by atoms with Gasteiger partial charge in [0.05, 0.1) is 26.4 Å². The van der Waals surface area contributed by atoms with Gasteiger partial charge in [-0.1, -0.05) is 0 Å². The maximum atomic E-state index is 11.0. The van der Waals surface area contributed by atoms with Gasteiger partial charge in [0.25, 0.3) is 0 Å². The third kappa shape index (κ3) is 7.44. The Kier molecular flexibility index (Phi) is 12.8. The number of hydrogen-bond donors (Lipinski definition) is 14. The lowest BCUT2D eigenvalue weighted by molar-refractivity contribution is -0.388. The highest BCUT2D eigenvalue weighted by atomic mass is 16.8. The van der Waals surface area contributed by atoms with E-state index >= 15 is 0 Å². The summed E-state index contributed by atoms with van der Waals surface area (Å²) in [4.78, 5) is 0. The van der Waals surface area contributed by atoms with E-state index in [0.717, 1.165) is 0 Å². The number of aliphatic hydroxyl groups excluding tert-OH is 14. The summed E-state index contributed by atoms with van der Waals surface area (Å²) in [5.41, 5.74) is 0. The lowest BCUT2D eigenvalue weighted by Gasteiger charge is -2.49. The molecule has 0 saturated carbocycles. The Morgan fingerprint density at radius 1 is 0.333 bits per heavy atom. The molecule has 4 heterocycles. The Morgan fingerprint density at radius 2 is 0.711 bits per heavy atom. The first kappa shape index (κ1) is 37.0. The van der Waals surface area contributed by atoms with Crippen molar-refractivity contribution in [1.82, 2.24) is 0 Å². The zero-order valence-electron chi connectivity index (χ0n) is 23.5. The zero-order valence-corrected chi connectivity index (χ0v) is 23.5. The van der Waals surface area contributed by atoms with Gasteiger partial charge in [-0.25, -0.2) is 0 Å². The van der Waals surface area contributed by atoms with Crippen LogP contribution in [0.2, 0.25) is 0 Å². The smallest absolute Gasteiger partial charge is 0.187 e. The average molecular weight is 667 g/mol. The first-order chi connectivity index (χ1) is 21.3. The zero-order chi connectivity index (χ0) is 33.3. The van der Waals surface area contributed by atoms with Crippen LogP contribution in [0.25, 0.3) is 0 Å². The van der Waals surface area contributed by atoms with Crippen molar-refractivity contribution in [3.63, 3.8) is 0 Å². The quantitative estimate of drug-likeness (QED) is 0.103. The van der Waals surface area contributed by atoms with E-state index in [-0.39, 0.29) is 0 Å². The Bertz CT molecular complexity index is 914. The summed E-state index contributed by atoms with van der Waals surface area (Å²) >= 11 is 0. The molecule has 0 bridgehead atoms. The molecule has 45 heavy (non-hydrogen) atoms. The van der Waals surface area contributed by atoms with Crippen LogP contribution < -0.4 is 0 Å². The summed E-state index contributed by atoms with van der Waals surface area (Å²) in [7, 11) is 0. The first-order valence-electron chi connectivity index (χ1n) is 14.1. The summed E-state index contributed by atoms with van der Waals surface area (Å²) in [6.07, 6.45) is -35.7. The Morgan fingerprint density at radius 3 is 1.22 bits per heavy atom. The second-order valence-electron chi connectivity index (χ2n) is 11.1. The topological polar surface area (TPSA) is 348 Å². The maximum Gasteiger partial charge on any atom is 0.187 e. The normalized spacial score (nSPS) is 52.9. The van der Waals surface area contributed by atoms with Gasteiger partial charge in [-0.3, -0.25) is 0 Å². The summed E-state index contributed by atoms with van der Waals surface area (Å²) in [5.74, 6) is 0. The SMILES string of the molecule is OC[C@H]1O[C@H](O[C@@H]2[C@@H](O)[C@@H](O[C@H]3[C@H](O)[C@@H](O)[C@@H](O[C@@H]4[C@@H](O)[C@H](O)O[C@H](CO)[C@H]4O)O[C@@H]3CO)O[C@H](CO)[C@H]2O)[C@H](O)[C@@H](O)[C@@H]1O. The van der Waals surface area contributed by atoms with Crippen LogP contribution >= 0.6 is 0 Å². The van der Waals surface area contributed by atoms with Crippen molar-refractivity contribution in [3.8, 4) is 0 Å². The lowest BCUT2D eigenvalue weighted by atomic mass is 9.95. The van der Waals surface area contributed by atoms with Crippen molar-refractivity contribution in [2.45, 2.75) is 123 Å². The monoisotopic (exact) mass is 666 g/mol. The maximum absolute atomic E-state index is 11.0. The van der Waals surface area contributed by atoms with Crippen molar-refractivity contribution >= 4 is 0 Å². The number of hydrogen-bond acceptors (Lipinski definition) is 21. The van der Waals surface area contributed by atoms with E-state index in [9.17, 15) is 71.5 Å². The fourth-order valence-electron chi connectivity index (χ4n) is 5.53. The molecule has 20 atom stereocenters. The second-order valence-corrected chi connectivity index (χ2v) is 11.1. The standard InChI is InChI=1S/C24H42O21/c25-1-5-9(29)12(32)14(34)22(40-5)45-20-11(31)7(3-27)41-24(17(20)37)43-18-8(4-28)42-23(15(35)13(18)33)44-19-10(30)6(2-26)39-21(38)16(19)36/h5-38H,1-4H2/t5-,6-,7-,8-,9-,10-,11-,12+,13-,14-,15-,16-,17-,18-,19+,20+,21-,22-,23-,24-/m1/s1. The Balaban J connectivity index is 1.48. The van der Waals surface area contributed by atoms with Crippen molar-refractivity contribution in [3.05, 3.63) is 0 Å². The third-order valence-electron chi connectivity index (χ3n) is 8.21. The van der Waals surface area contributed by atoms with E-state index in [1.165, 1.54) is 0 Å². The molecule has 264 valence electrons. The minimum Gasteiger partial charge on any atom is -0.394 e. The molecule has 21 nitrogen and oxygen atoms in total. The molecule has 14 N–H and O–H groups in total. The van der Waals surface area contributed by atoms with E-state index < -0.39 is 149 Å². The molecule has 21 heteroatoms. The second kappa shape index (κ2) is 15.6. The van der Waals surface area contributed by atoms with Crippen molar-refractivity contribution in [2.24, 2.45) is 0 Å². The van der Waals surface area contributed by atoms with Gasteiger partial charge >= 0.3 is 0 Å². The highest BCUT2D eigenvalue weighted by Crippen LogP contribution is 2.34. The van der Waals surface area contributed by atoms with Gasteiger partial charge in [0.2, 0.25) is 0 Å². The Hall–Kier alpha value is -0.840. The fraction of sp³-hybridized carbons (Fsp3) is 1.00. The molecule has 4 rings (SSSR count). The number of rotatable bonds is 10. The summed E-state index contributed by atoms with van der Waals surface area (Å²) in [6, 6.07) is 0. The molecular formula is C24H42O21. The molecule has 0 spiro atoms. The summed E-state index contributed by atoms with van der Waals surface area (Å²) < 4.78 is 37.5. The van der Waals surface area contributed by atoms with E-state index in [1.807, 2.05) is 0 Å². The molecule has 0 aliphatic carbocycles. The van der Waals surface area contributed by atoms with Crippen LogP contribution in [0.5, 0.6) is 0 Å². The van der Waals surface area contributed by atoms with Crippen molar-refractivity contribution in [1.29, 1.82) is 0 Å². The predicted molar refractivity (Wildman–Crippen MR) is 134 cm³/mol. The summed E-state index contributed by atoms with van der Waals surface area (Å²) in [5, 5.41) is 143. The average Bonchev–Trinajstić information content (AvgIpc) is 3.03. The molecule has 0 aromatic carbocycles. The van der Waals surface area contributed by atoms with Gasteiger partial charge in [-0.15, -0.1) is 0 Å². The molecular weight excluding hydrogens is 624 g/mol. The lowest BCUT2D eigenvalue weighted by Crippen LogP contribution is -2.67. The van der Waals surface area contributed by atoms with Gasteiger partial charge in [0.15, 0.2) is 25.2 Å². The largest absolute Gasteiger partial charge is 0.394 e. The molecule has 0 radical (unpaired) electrons. The van der Waals surface area contributed by atoms with E-state index in [2.05, 4.69) is 0 Å². The van der Waals surface area contributed by atoms with Crippen LogP contribution in [0.15, 0.2) is 0 Å². The van der Waals surface area contributed by atoms with Gasteiger partial charge in [-0.05, 0) is 0 Å². The van der Waals surface area contributed by atoms with Crippen LogP contribution in [-0.4, -0.2) is 221 Å². The minimum atomic E-state index is -2.04. The molecule has 0 aromatic heterocycles. The number of aliphatic hydroxyl groups is 14. The molecule has 4 aliphatic rings. The van der Waals surface area contributed by atoms with E-state index in [1.54, 1.807) is 0 Å². The third-order valence-corrected chi connectivity index (χ3v) is 8.21. The molecule has 4 fully saturated rings.